The van der Waals surface area contributed by atoms with Crippen LogP contribution in [0.2, 0.25) is 5.28 Å². The Morgan fingerprint density at radius 2 is 1.93 bits per heavy atom. The SMILES string of the molecule is CCC(CC)Oc1ccc(CN2CCC(Nc3ccnc(Cl)n3)CC2)cc1OC. The first-order valence-corrected chi connectivity index (χ1v) is 10.8. The molecule has 1 aliphatic rings. The van der Waals surface area contributed by atoms with E-state index in [1.807, 2.05) is 12.1 Å². The second kappa shape index (κ2) is 10.6. The Labute approximate surface area is 178 Å². The van der Waals surface area contributed by atoms with Gasteiger partial charge in [0.25, 0.3) is 0 Å². The highest BCUT2D eigenvalue weighted by molar-refractivity contribution is 6.28. The van der Waals surface area contributed by atoms with Gasteiger partial charge in [0.1, 0.15) is 5.82 Å². The lowest BCUT2D eigenvalue weighted by atomic mass is 10.0. The molecule has 1 aromatic heterocycles. The van der Waals surface area contributed by atoms with Crippen LogP contribution in [0.25, 0.3) is 0 Å². The number of benzene rings is 1. The first-order chi connectivity index (χ1) is 14.1. The molecule has 0 saturated carbocycles. The fourth-order valence-corrected chi connectivity index (χ4v) is 3.81. The van der Waals surface area contributed by atoms with E-state index in [2.05, 4.69) is 46.2 Å². The van der Waals surface area contributed by atoms with Gasteiger partial charge in [-0.1, -0.05) is 19.9 Å². The number of rotatable bonds is 9. The Bertz CT molecular complexity index is 777. The van der Waals surface area contributed by atoms with E-state index < -0.39 is 0 Å². The summed E-state index contributed by atoms with van der Waals surface area (Å²) in [6.45, 7) is 7.27. The van der Waals surface area contributed by atoms with Crippen molar-refractivity contribution in [3.8, 4) is 11.5 Å². The van der Waals surface area contributed by atoms with E-state index in [9.17, 15) is 0 Å². The molecule has 2 aromatic rings. The van der Waals surface area contributed by atoms with E-state index >= 15 is 0 Å². The van der Waals surface area contributed by atoms with Crippen molar-refractivity contribution in [3.05, 3.63) is 41.3 Å². The van der Waals surface area contributed by atoms with Crippen LogP contribution in [0.3, 0.4) is 0 Å². The van der Waals surface area contributed by atoms with Crippen molar-refractivity contribution in [2.75, 3.05) is 25.5 Å². The molecule has 1 aliphatic heterocycles. The molecule has 0 atom stereocenters. The highest BCUT2D eigenvalue weighted by Gasteiger charge is 2.20. The van der Waals surface area contributed by atoms with Crippen LogP contribution >= 0.6 is 11.6 Å². The van der Waals surface area contributed by atoms with Gasteiger partial charge in [0.05, 0.1) is 13.2 Å². The van der Waals surface area contributed by atoms with Gasteiger partial charge in [0.2, 0.25) is 5.28 Å². The number of aromatic nitrogens is 2. The van der Waals surface area contributed by atoms with Crippen LogP contribution in [-0.4, -0.2) is 47.2 Å². The summed E-state index contributed by atoms with van der Waals surface area (Å²) in [5.74, 6) is 2.43. The molecule has 29 heavy (non-hydrogen) atoms. The summed E-state index contributed by atoms with van der Waals surface area (Å²) in [5.41, 5.74) is 1.24. The lowest BCUT2D eigenvalue weighted by molar-refractivity contribution is 0.184. The van der Waals surface area contributed by atoms with Crippen molar-refractivity contribution < 1.29 is 9.47 Å². The van der Waals surface area contributed by atoms with E-state index in [-0.39, 0.29) is 11.4 Å². The zero-order valence-electron chi connectivity index (χ0n) is 17.5. The van der Waals surface area contributed by atoms with Gasteiger partial charge in [0.15, 0.2) is 11.5 Å². The van der Waals surface area contributed by atoms with Crippen LogP contribution < -0.4 is 14.8 Å². The third-order valence-electron chi connectivity index (χ3n) is 5.40. The number of methoxy groups -OCH3 is 1. The quantitative estimate of drug-likeness (QED) is 0.591. The van der Waals surface area contributed by atoms with E-state index in [4.69, 9.17) is 21.1 Å². The molecule has 7 heteroatoms. The highest BCUT2D eigenvalue weighted by Crippen LogP contribution is 2.30. The molecule has 0 aliphatic carbocycles. The van der Waals surface area contributed by atoms with Crippen molar-refractivity contribution in [2.24, 2.45) is 0 Å². The van der Waals surface area contributed by atoms with Crippen LogP contribution in [0, 0.1) is 0 Å². The lowest BCUT2D eigenvalue weighted by Gasteiger charge is -2.32. The lowest BCUT2D eigenvalue weighted by Crippen LogP contribution is -2.38. The number of hydrogen-bond acceptors (Lipinski definition) is 6. The molecule has 1 fully saturated rings. The molecule has 6 nitrogen and oxygen atoms in total. The fourth-order valence-electron chi connectivity index (χ4n) is 3.66. The molecule has 1 N–H and O–H groups in total. The number of piperidine rings is 1. The van der Waals surface area contributed by atoms with Gasteiger partial charge in [-0.05, 0) is 61.0 Å². The van der Waals surface area contributed by atoms with Gasteiger partial charge in [-0.3, -0.25) is 4.90 Å². The molecular formula is C22H31ClN4O2. The molecule has 0 bridgehead atoms. The minimum atomic E-state index is 0.228. The summed E-state index contributed by atoms with van der Waals surface area (Å²) in [5, 5.41) is 3.74. The van der Waals surface area contributed by atoms with Crippen LogP contribution in [-0.2, 0) is 6.54 Å². The number of nitrogens with zero attached hydrogens (tertiary/aromatic N) is 3. The minimum Gasteiger partial charge on any atom is -0.493 e. The molecule has 0 spiro atoms. The number of nitrogens with one attached hydrogen (secondary N) is 1. The second-order valence-electron chi connectivity index (χ2n) is 7.45. The molecule has 1 aromatic carbocycles. The minimum absolute atomic E-state index is 0.228. The van der Waals surface area contributed by atoms with Crippen LogP contribution in [0.15, 0.2) is 30.5 Å². The van der Waals surface area contributed by atoms with Crippen LogP contribution in [0.5, 0.6) is 11.5 Å². The molecule has 0 unspecified atom stereocenters. The maximum atomic E-state index is 6.09. The zero-order chi connectivity index (χ0) is 20.6. The van der Waals surface area contributed by atoms with Gasteiger partial charge in [0, 0.05) is 31.9 Å². The van der Waals surface area contributed by atoms with Crippen molar-refractivity contribution in [3.63, 3.8) is 0 Å². The summed E-state index contributed by atoms with van der Waals surface area (Å²) in [6, 6.07) is 8.55. The predicted octanol–water partition coefficient (Wildman–Crippen LogP) is 4.78. The van der Waals surface area contributed by atoms with Crippen molar-refractivity contribution in [1.29, 1.82) is 0 Å². The smallest absolute Gasteiger partial charge is 0.224 e. The van der Waals surface area contributed by atoms with Gasteiger partial charge >= 0.3 is 0 Å². The maximum absolute atomic E-state index is 6.09. The first kappa shape index (κ1) is 21.7. The standard InChI is InChI=1S/C22H31ClN4O2/c1-4-18(5-2)29-19-7-6-16(14-20(19)28-3)15-27-12-9-17(10-13-27)25-21-8-11-24-22(23)26-21/h6-8,11,14,17-18H,4-5,9-10,12-13,15H2,1-3H3,(H,24,25,26). The van der Waals surface area contributed by atoms with E-state index in [1.54, 1.807) is 13.3 Å². The Kier molecular flexibility index (Phi) is 7.95. The normalized spacial score (nSPS) is 15.5. The van der Waals surface area contributed by atoms with E-state index in [1.165, 1.54) is 5.56 Å². The largest absolute Gasteiger partial charge is 0.493 e. The summed E-state index contributed by atoms with van der Waals surface area (Å²) < 4.78 is 11.7. The Morgan fingerprint density at radius 3 is 2.59 bits per heavy atom. The van der Waals surface area contributed by atoms with E-state index in [0.717, 1.165) is 62.6 Å². The summed E-state index contributed by atoms with van der Waals surface area (Å²) in [4.78, 5) is 10.6. The van der Waals surface area contributed by atoms with Gasteiger partial charge in [-0.25, -0.2) is 9.97 Å². The topological polar surface area (TPSA) is 59.5 Å². The summed E-state index contributed by atoms with van der Waals surface area (Å²) in [6.07, 6.45) is 6.02. The maximum Gasteiger partial charge on any atom is 0.224 e. The monoisotopic (exact) mass is 418 g/mol. The van der Waals surface area contributed by atoms with E-state index in [0.29, 0.717) is 6.04 Å². The number of likely N-dealkylation sites (tertiary alicyclic amines) is 1. The third kappa shape index (κ3) is 6.21. The van der Waals surface area contributed by atoms with Crippen LogP contribution in [0.4, 0.5) is 5.82 Å². The fraction of sp³-hybridized carbons (Fsp3) is 0.545. The summed E-state index contributed by atoms with van der Waals surface area (Å²) in [7, 11) is 1.70. The average Bonchev–Trinajstić information content (AvgIpc) is 2.74. The number of anilines is 1. The molecule has 158 valence electrons. The Hall–Kier alpha value is -2.05. The molecular weight excluding hydrogens is 388 g/mol. The highest BCUT2D eigenvalue weighted by atomic mass is 35.5. The summed E-state index contributed by atoms with van der Waals surface area (Å²) >= 11 is 5.87. The number of ether oxygens (including phenoxy) is 2. The number of hydrogen-bond donors (Lipinski definition) is 1. The van der Waals surface area contributed by atoms with Crippen molar-refractivity contribution >= 4 is 17.4 Å². The van der Waals surface area contributed by atoms with Crippen LogP contribution in [0.1, 0.15) is 45.1 Å². The van der Waals surface area contributed by atoms with Crippen molar-refractivity contribution in [1.82, 2.24) is 14.9 Å². The second-order valence-corrected chi connectivity index (χ2v) is 7.79. The first-order valence-electron chi connectivity index (χ1n) is 10.4. The Balaban J connectivity index is 1.53. The molecule has 1 saturated heterocycles. The Morgan fingerprint density at radius 1 is 1.17 bits per heavy atom. The molecule has 2 heterocycles. The zero-order valence-corrected chi connectivity index (χ0v) is 18.3. The third-order valence-corrected chi connectivity index (χ3v) is 5.59. The average molecular weight is 419 g/mol. The van der Waals surface area contributed by atoms with Crippen molar-refractivity contribution in [2.45, 2.75) is 58.2 Å². The van der Waals surface area contributed by atoms with Gasteiger partial charge < -0.3 is 14.8 Å². The number of halogens is 1. The molecule has 0 amide bonds. The predicted molar refractivity (Wildman–Crippen MR) is 117 cm³/mol. The molecule has 3 rings (SSSR count). The molecule has 0 radical (unpaired) electrons. The van der Waals surface area contributed by atoms with Gasteiger partial charge in [-0.2, -0.15) is 0 Å². The van der Waals surface area contributed by atoms with Gasteiger partial charge in [-0.15, -0.1) is 0 Å².